The molecule has 2 saturated heterocycles. The van der Waals surface area contributed by atoms with Crippen LogP contribution in [-0.4, -0.2) is 66.6 Å². The standard InChI is InChI=1S/C24H31N3O2S/c1-18-5-6-22(19(2)16-18)30-23-21(4-3-9-25-23)24(28)27-10-7-20(8-11-27)17-26-12-14-29-15-13-26/h3-6,9,16,20H,7-8,10-15,17H2,1-2H3. The van der Waals surface area contributed by atoms with Crippen LogP contribution in [0.2, 0.25) is 0 Å². The number of carbonyl (C=O) groups excluding carboxylic acids is 1. The molecule has 1 amide bonds. The Morgan fingerprint density at radius 3 is 2.63 bits per heavy atom. The van der Waals surface area contributed by atoms with E-state index in [-0.39, 0.29) is 5.91 Å². The smallest absolute Gasteiger partial charge is 0.256 e. The molecule has 30 heavy (non-hydrogen) atoms. The number of hydrogen-bond acceptors (Lipinski definition) is 5. The molecule has 4 rings (SSSR count). The number of aryl methyl sites for hydroxylation is 2. The molecule has 0 bridgehead atoms. The molecule has 5 nitrogen and oxygen atoms in total. The van der Waals surface area contributed by atoms with E-state index in [0.717, 1.165) is 68.7 Å². The lowest BCUT2D eigenvalue weighted by atomic mass is 9.95. The lowest BCUT2D eigenvalue weighted by molar-refractivity contribution is 0.0242. The van der Waals surface area contributed by atoms with Gasteiger partial charge in [0.15, 0.2) is 0 Å². The zero-order valence-corrected chi connectivity index (χ0v) is 18.8. The number of piperidine rings is 1. The highest BCUT2D eigenvalue weighted by atomic mass is 32.2. The van der Waals surface area contributed by atoms with Crippen LogP contribution in [0.25, 0.3) is 0 Å². The van der Waals surface area contributed by atoms with Crippen LogP contribution in [0.3, 0.4) is 0 Å². The van der Waals surface area contributed by atoms with Gasteiger partial charge in [-0.2, -0.15) is 0 Å². The van der Waals surface area contributed by atoms with Gasteiger partial charge in [0.1, 0.15) is 5.03 Å². The quantitative estimate of drug-likeness (QED) is 0.724. The second-order valence-corrected chi connectivity index (χ2v) is 9.41. The first-order valence-corrected chi connectivity index (χ1v) is 11.7. The molecule has 0 spiro atoms. The lowest BCUT2D eigenvalue weighted by Crippen LogP contribution is -2.44. The first-order valence-electron chi connectivity index (χ1n) is 10.9. The number of pyridine rings is 1. The third kappa shape index (κ3) is 5.23. The SMILES string of the molecule is Cc1ccc(Sc2ncccc2C(=O)N2CCC(CN3CCOCC3)CC2)c(C)c1. The summed E-state index contributed by atoms with van der Waals surface area (Å²) in [5.41, 5.74) is 3.18. The van der Waals surface area contributed by atoms with Gasteiger partial charge in [0.25, 0.3) is 5.91 Å². The first-order chi connectivity index (χ1) is 14.6. The molecule has 0 atom stereocenters. The van der Waals surface area contributed by atoms with Gasteiger partial charge in [0.05, 0.1) is 18.8 Å². The molecule has 160 valence electrons. The minimum Gasteiger partial charge on any atom is -0.379 e. The van der Waals surface area contributed by atoms with Crippen LogP contribution in [0, 0.1) is 19.8 Å². The van der Waals surface area contributed by atoms with E-state index in [4.69, 9.17) is 4.74 Å². The largest absolute Gasteiger partial charge is 0.379 e. The van der Waals surface area contributed by atoms with Gasteiger partial charge in [0, 0.05) is 43.8 Å². The molecule has 1 aromatic carbocycles. The van der Waals surface area contributed by atoms with E-state index < -0.39 is 0 Å². The van der Waals surface area contributed by atoms with E-state index in [2.05, 4.69) is 41.9 Å². The minimum absolute atomic E-state index is 0.111. The van der Waals surface area contributed by atoms with Crippen molar-refractivity contribution in [2.75, 3.05) is 45.9 Å². The van der Waals surface area contributed by atoms with E-state index >= 15 is 0 Å². The maximum Gasteiger partial charge on any atom is 0.256 e. The van der Waals surface area contributed by atoms with Crippen molar-refractivity contribution in [1.82, 2.24) is 14.8 Å². The molecule has 2 aliphatic heterocycles. The van der Waals surface area contributed by atoms with Gasteiger partial charge in [-0.3, -0.25) is 9.69 Å². The van der Waals surface area contributed by atoms with Gasteiger partial charge >= 0.3 is 0 Å². The molecule has 2 fully saturated rings. The van der Waals surface area contributed by atoms with E-state index in [0.29, 0.717) is 11.5 Å². The van der Waals surface area contributed by atoms with Crippen molar-refractivity contribution in [2.24, 2.45) is 5.92 Å². The van der Waals surface area contributed by atoms with Crippen LogP contribution < -0.4 is 0 Å². The van der Waals surface area contributed by atoms with Gasteiger partial charge in [-0.25, -0.2) is 4.98 Å². The van der Waals surface area contributed by atoms with E-state index in [1.165, 1.54) is 11.1 Å². The minimum atomic E-state index is 0.111. The topological polar surface area (TPSA) is 45.7 Å². The zero-order chi connectivity index (χ0) is 20.9. The van der Waals surface area contributed by atoms with Gasteiger partial charge < -0.3 is 9.64 Å². The van der Waals surface area contributed by atoms with Crippen LogP contribution in [0.5, 0.6) is 0 Å². The van der Waals surface area contributed by atoms with Crippen molar-refractivity contribution in [3.63, 3.8) is 0 Å². The number of likely N-dealkylation sites (tertiary alicyclic amines) is 1. The second-order valence-electron chi connectivity index (χ2n) is 8.38. The lowest BCUT2D eigenvalue weighted by Gasteiger charge is -2.36. The van der Waals surface area contributed by atoms with Crippen molar-refractivity contribution in [3.8, 4) is 0 Å². The Labute approximate surface area is 183 Å². The summed E-state index contributed by atoms with van der Waals surface area (Å²) >= 11 is 1.59. The number of benzene rings is 1. The average molecular weight is 426 g/mol. The molecular formula is C24H31N3O2S. The molecular weight excluding hydrogens is 394 g/mol. The van der Waals surface area contributed by atoms with Crippen LogP contribution in [0.4, 0.5) is 0 Å². The highest BCUT2D eigenvalue weighted by Crippen LogP contribution is 2.32. The van der Waals surface area contributed by atoms with Crippen molar-refractivity contribution in [1.29, 1.82) is 0 Å². The predicted octanol–water partition coefficient (Wildman–Crippen LogP) is 4.03. The summed E-state index contributed by atoms with van der Waals surface area (Å²) in [6, 6.07) is 10.2. The summed E-state index contributed by atoms with van der Waals surface area (Å²) in [7, 11) is 0. The fourth-order valence-corrected chi connectivity index (χ4v) is 5.23. The Morgan fingerprint density at radius 2 is 1.90 bits per heavy atom. The van der Waals surface area contributed by atoms with Gasteiger partial charge in [-0.1, -0.05) is 29.5 Å². The second kappa shape index (κ2) is 9.94. The number of morpholine rings is 1. The number of hydrogen-bond donors (Lipinski definition) is 0. The number of nitrogens with zero attached hydrogens (tertiary/aromatic N) is 3. The molecule has 0 unspecified atom stereocenters. The summed E-state index contributed by atoms with van der Waals surface area (Å²) in [5.74, 6) is 0.783. The summed E-state index contributed by atoms with van der Waals surface area (Å²) in [6.07, 6.45) is 3.92. The maximum absolute atomic E-state index is 13.3. The zero-order valence-electron chi connectivity index (χ0n) is 18.0. The van der Waals surface area contributed by atoms with E-state index in [1.54, 1.807) is 18.0 Å². The molecule has 2 aliphatic rings. The summed E-state index contributed by atoms with van der Waals surface area (Å²) in [4.78, 5) is 23.5. The third-order valence-corrected chi connectivity index (χ3v) is 7.26. The van der Waals surface area contributed by atoms with Crippen LogP contribution in [0.1, 0.15) is 34.3 Å². The molecule has 0 radical (unpaired) electrons. The molecule has 0 saturated carbocycles. The Hall–Kier alpha value is -1.89. The van der Waals surface area contributed by atoms with Crippen molar-refractivity contribution in [3.05, 3.63) is 53.2 Å². The Morgan fingerprint density at radius 1 is 1.13 bits per heavy atom. The highest BCUT2D eigenvalue weighted by Gasteiger charge is 2.27. The van der Waals surface area contributed by atoms with Gasteiger partial charge in [-0.05, 0) is 56.4 Å². The van der Waals surface area contributed by atoms with Crippen LogP contribution >= 0.6 is 11.8 Å². The fraction of sp³-hybridized carbons (Fsp3) is 0.500. The first kappa shape index (κ1) is 21.3. The number of carbonyl (C=O) groups is 1. The van der Waals surface area contributed by atoms with E-state index in [9.17, 15) is 4.79 Å². The Bertz CT molecular complexity index is 875. The Balaban J connectivity index is 1.39. The van der Waals surface area contributed by atoms with Gasteiger partial charge in [-0.15, -0.1) is 0 Å². The third-order valence-electron chi connectivity index (χ3n) is 6.06. The van der Waals surface area contributed by atoms with Crippen LogP contribution in [0.15, 0.2) is 46.5 Å². The molecule has 3 heterocycles. The maximum atomic E-state index is 13.3. The summed E-state index contributed by atoms with van der Waals surface area (Å²) < 4.78 is 5.45. The number of aromatic nitrogens is 1. The van der Waals surface area contributed by atoms with Crippen molar-refractivity contribution >= 4 is 17.7 Å². The molecule has 1 aromatic heterocycles. The average Bonchev–Trinajstić information content (AvgIpc) is 2.77. The van der Waals surface area contributed by atoms with E-state index in [1.807, 2.05) is 17.0 Å². The Kier molecular flexibility index (Phi) is 7.08. The highest BCUT2D eigenvalue weighted by molar-refractivity contribution is 7.99. The van der Waals surface area contributed by atoms with Crippen molar-refractivity contribution < 1.29 is 9.53 Å². The summed E-state index contributed by atoms with van der Waals surface area (Å²) in [5, 5.41) is 0.796. The normalized spacial score (nSPS) is 18.5. The van der Waals surface area contributed by atoms with Crippen LogP contribution in [-0.2, 0) is 4.74 Å². The fourth-order valence-electron chi connectivity index (χ4n) is 4.29. The number of ether oxygens (including phenoxy) is 1. The predicted molar refractivity (Wildman–Crippen MR) is 120 cm³/mol. The number of amides is 1. The molecule has 6 heteroatoms. The summed E-state index contributed by atoms with van der Waals surface area (Å²) in [6.45, 7) is 10.8. The molecule has 2 aromatic rings. The molecule has 0 aliphatic carbocycles. The monoisotopic (exact) mass is 425 g/mol. The number of rotatable bonds is 5. The molecule has 0 N–H and O–H groups in total. The van der Waals surface area contributed by atoms with Gasteiger partial charge in [0.2, 0.25) is 0 Å². The van der Waals surface area contributed by atoms with Crippen molar-refractivity contribution in [2.45, 2.75) is 36.6 Å².